The zero-order valence-corrected chi connectivity index (χ0v) is 15.3. The fourth-order valence-electron chi connectivity index (χ4n) is 2.82. The Morgan fingerprint density at radius 1 is 1.13 bits per heavy atom. The van der Waals surface area contributed by atoms with Crippen molar-refractivity contribution in [1.29, 1.82) is 0 Å². The van der Waals surface area contributed by atoms with Crippen molar-refractivity contribution in [2.24, 2.45) is 0 Å². The highest BCUT2D eigenvalue weighted by molar-refractivity contribution is 7.88. The third-order valence-corrected chi connectivity index (χ3v) is 4.91. The van der Waals surface area contributed by atoms with Crippen molar-refractivity contribution < 1.29 is 13.2 Å². The van der Waals surface area contributed by atoms with Gasteiger partial charge in [-0.25, -0.2) is 13.1 Å². The summed E-state index contributed by atoms with van der Waals surface area (Å²) in [7, 11) is -3.19. The van der Waals surface area contributed by atoms with E-state index in [4.69, 9.17) is 27.9 Å². The van der Waals surface area contributed by atoms with Crippen LogP contribution in [0.3, 0.4) is 0 Å². The topological polar surface area (TPSA) is 67.4 Å². The van der Waals surface area contributed by atoms with Crippen LogP contribution in [0.5, 0.6) is 5.75 Å². The molecule has 2 atom stereocenters. The van der Waals surface area contributed by atoms with Gasteiger partial charge in [0.15, 0.2) is 0 Å². The Labute approximate surface area is 147 Å². The van der Waals surface area contributed by atoms with Gasteiger partial charge in [0.2, 0.25) is 10.0 Å². The molecule has 1 fully saturated rings. The van der Waals surface area contributed by atoms with Crippen LogP contribution in [0.2, 0.25) is 10.0 Å². The van der Waals surface area contributed by atoms with Crippen LogP contribution in [0.25, 0.3) is 0 Å². The van der Waals surface area contributed by atoms with Gasteiger partial charge < -0.3 is 10.1 Å². The fraction of sp³-hybridized carbons (Fsp3) is 0.600. The molecule has 1 aromatic rings. The Kier molecular flexibility index (Phi) is 6.98. The van der Waals surface area contributed by atoms with Gasteiger partial charge in [-0.15, -0.1) is 0 Å². The van der Waals surface area contributed by atoms with E-state index in [2.05, 4.69) is 10.0 Å². The Morgan fingerprint density at radius 3 is 2.35 bits per heavy atom. The molecule has 2 rings (SSSR count). The summed E-state index contributed by atoms with van der Waals surface area (Å²) >= 11 is 11.8. The SMILES string of the molecule is CS(=O)(=O)N[C@@H]1CCCC[C@H]1NCCOc1cc(Cl)cc(Cl)c1. The van der Waals surface area contributed by atoms with E-state index in [1.165, 1.54) is 6.26 Å². The van der Waals surface area contributed by atoms with Gasteiger partial charge in [0.05, 0.1) is 6.26 Å². The second-order valence-electron chi connectivity index (χ2n) is 5.80. The van der Waals surface area contributed by atoms with Gasteiger partial charge in [-0.2, -0.15) is 0 Å². The normalized spacial score (nSPS) is 22.0. The third kappa shape index (κ3) is 6.85. The van der Waals surface area contributed by atoms with Crippen LogP contribution in [-0.2, 0) is 10.0 Å². The number of halogens is 2. The summed E-state index contributed by atoms with van der Waals surface area (Å²) in [5.41, 5.74) is 0. The lowest BCUT2D eigenvalue weighted by Gasteiger charge is -2.32. The molecule has 0 unspecified atom stereocenters. The predicted octanol–water partition coefficient (Wildman–Crippen LogP) is 2.82. The van der Waals surface area contributed by atoms with Gasteiger partial charge >= 0.3 is 0 Å². The molecule has 0 heterocycles. The average molecular weight is 381 g/mol. The van der Waals surface area contributed by atoms with Crippen molar-refractivity contribution in [3.8, 4) is 5.75 Å². The zero-order valence-electron chi connectivity index (χ0n) is 13.0. The highest BCUT2D eigenvalue weighted by Crippen LogP contribution is 2.24. The molecule has 0 amide bonds. The lowest BCUT2D eigenvalue weighted by atomic mass is 9.91. The minimum atomic E-state index is -3.19. The summed E-state index contributed by atoms with van der Waals surface area (Å²) in [6.45, 7) is 1.08. The molecule has 1 saturated carbocycles. The monoisotopic (exact) mass is 380 g/mol. The number of rotatable bonds is 7. The van der Waals surface area contributed by atoms with Crippen molar-refractivity contribution in [3.63, 3.8) is 0 Å². The number of benzene rings is 1. The average Bonchev–Trinajstić information content (AvgIpc) is 2.42. The zero-order chi connectivity index (χ0) is 16.9. The summed E-state index contributed by atoms with van der Waals surface area (Å²) in [6, 6.07) is 5.14. The lowest BCUT2D eigenvalue weighted by molar-refractivity contribution is 0.268. The predicted molar refractivity (Wildman–Crippen MR) is 94.0 cm³/mol. The second kappa shape index (κ2) is 8.53. The molecule has 0 spiro atoms. The van der Waals surface area contributed by atoms with Gasteiger partial charge in [-0.3, -0.25) is 0 Å². The first-order valence-corrected chi connectivity index (χ1v) is 10.3. The number of ether oxygens (including phenoxy) is 1. The van der Waals surface area contributed by atoms with E-state index in [0.717, 1.165) is 25.7 Å². The smallest absolute Gasteiger partial charge is 0.209 e. The summed E-state index contributed by atoms with van der Waals surface area (Å²) in [5, 5.41) is 4.44. The molecule has 23 heavy (non-hydrogen) atoms. The first-order valence-electron chi connectivity index (χ1n) is 7.63. The van der Waals surface area contributed by atoms with E-state index in [1.54, 1.807) is 18.2 Å². The van der Waals surface area contributed by atoms with Crippen LogP contribution >= 0.6 is 23.2 Å². The van der Waals surface area contributed by atoms with Crippen LogP contribution in [0.1, 0.15) is 25.7 Å². The molecule has 1 aromatic carbocycles. The first-order chi connectivity index (χ1) is 10.8. The molecule has 1 aliphatic carbocycles. The standard InChI is InChI=1S/C15H22Cl2N2O3S/c1-23(20,21)19-15-5-3-2-4-14(15)18-6-7-22-13-9-11(16)8-12(17)10-13/h8-10,14-15,18-19H,2-7H2,1H3/t14-,15-/m1/s1. The quantitative estimate of drug-likeness (QED) is 0.713. The van der Waals surface area contributed by atoms with E-state index in [1.807, 2.05) is 0 Å². The number of hydrogen-bond donors (Lipinski definition) is 2. The van der Waals surface area contributed by atoms with E-state index in [-0.39, 0.29) is 12.1 Å². The van der Waals surface area contributed by atoms with Gasteiger partial charge in [-0.1, -0.05) is 36.0 Å². The van der Waals surface area contributed by atoms with Crippen LogP contribution in [0.4, 0.5) is 0 Å². The molecular formula is C15H22Cl2N2O3S. The number of hydrogen-bond acceptors (Lipinski definition) is 4. The summed E-state index contributed by atoms with van der Waals surface area (Å²) in [6.07, 6.45) is 5.16. The Morgan fingerprint density at radius 2 is 1.74 bits per heavy atom. The number of nitrogens with one attached hydrogen (secondary N) is 2. The minimum Gasteiger partial charge on any atom is -0.492 e. The van der Waals surface area contributed by atoms with Gasteiger partial charge in [0.25, 0.3) is 0 Å². The van der Waals surface area contributed by atoms with Crippen molar-refractivity contribution in [2.75, 3.05) is 19.4 Å². The maximum Gasteiger partial charge on any atom is 0.209 e. The van der Waals surface area contributed by atoms with Crippen molar-refractivity contribution in [2.45, 2.75) is 37.8 Å². The lowest BCUT2D eigenvalue weighted by Crippen LogP contribution is -2.52. The largest absolute Gasteiger partial charge is 0.492 e. The first kappa shape index (κ1) is 18.8. The second-order valence-corrected chi connectivity index (χ2v) is 8.45. The molecule has 0 radical (unpaired) electrons. The molecule has 130 valence electrons. The molecule has 0 aliphatic heterocycles. The Bertz CT molecular complexity index is 605. The van der Waals surface area contributed by atoms with Crippen molar-refractivity contribution in [1.82, 2.24) is 10.0 Å². The molecular weight excluding hydrogens is 359 g/mol. The third-order valence-electron chi connectivity index (χ3n) is 3.74. The minimum absolute atomic E-state index is 0.0561. The van der Waals surface area contributed by atoms with Crippen LogP contribution in [-0.4, -0.2) is 39.9 Å². The Balaban J connectivity index is 1.79. The molecule has 0 aromatic heterocycles. The van der Waals surface area contributed by atoms with E-state index < -0.39 is 10.0 Å². The Hall–Kier alpha value is -0.530. The van der Waals surface area contributed by atoms with Crippen LogP contribution in [0.15, 0.2) is 18.2 Å². The van der Waals surface area contributed by atoms with Gasteiger partial charge in [0.1, 0.15) is 12.4 Å². The van der Waals surface area contributed by atoms with Crippen LogP contribution in [0, 0.1) is 0 Å². The highest BCUT2D eigenvalue weighted by Gasteiger charge is 2.26. The van der Waals surface area contributed by atoms with Crippen molar-refractivity contribution in [3.05, 3.63) is 28.2 Å². The summed E-state index contributed by atoms with van der Waals surface area (Å²) < 4.78 is 31.2. The van der Waals surface area contributed by atoms with Crippen LogP contribution < -0.4 is 14.8 Å². The molecule has 8 heteroatoms. The van der Waals surface area contributed by atoms with Crippen molar-refractivity contribution >= 4 is 33.2 Å². The fourth-order valence-corrected chi connectivity index (χ4v) is 4.15. The van der Waals surface area contributed by atoms with Gasteiger partial charge in [0, 0.05) is 28.7 Å². The molecule has 0 saturated heterocycles. The summed E-state index contributed by atoms with van der Waals surface area (Å²) in [5.74, 6) is 0.624. The van der Waals surface area contributed by atoms with E-state index in [9.17, 15) is 8.42 Å². The maximum absolute atomic E-state index is 11.4. The van der Waals surface area contributed by atoms with E-state index >= 15 is 0 Å². The molecule has 0 bridgehead atoms. The molecule has 5 nitrogen and oxygen atoms in total. The molecule has 2 N–H and O–H groups in total. The highest BCUT2D eigenvalue weighted by atomic mass is 35.5. The van der Waals surface area contributed by atoms with E-state index in [0.29, 0.717) is 28.9 Å². The molecule has 1 aliphatic rings. The number of sulfonamides is 1. The maximum atomic E-state index is 11.4. The summed E-state index contributed by atoms with van der Waals surface area (Å²) in [4.78, 5) is 0. The van der Waals surface area contributed by atoms with Gasteiger partial charge in [-0.05, 0) is 31.0 Å².